The summed E-state index contributed by atoms with van der Waals surface area (Å²) in [6, 6.07) is 7.49. The summed E-state index contributed by atoms with van der Waals surface area (Å²) in [7, 11) is 0. The molecule has 1 aliphatic rings. The van der Waals surface area contributed by atoms with Crippen LogP contribution in [0.1, 0.15) is 22.8 Å². The molecule has 0 aromatic heterocycles. The van der Waals surface area contributed by atoms with Crippen molar-refractivity contribution < 1.29 is 4.79 Å². The molecule has 1 aromatic rings. The van der Waals surface area contributed by atoms with Crippen LogP contribution in [0, 0.1) is 11.8 Å². The highest BCUT2D eigenvalue weighted by Crippen LogP contribution is 2.13. The van der Waals surface area contributed by atoms with Crippen molar-refractivity contribution in [2.75, 3.05) is 39.3 Å². The molecule has 1 amide bonds. The molecule has 0 radical (unpaired) electrons. The molecule has 1 aliphatic heterocycles. The molecule has 1 fully saturated rings. The summed E-state index contributed by atoms with van der Waals surface area (Å²) in [4.78, 5) is 16.9. The molecule has 4 heteroatoms. The summed E-state index contributed by atoms with van der Waals surface area (Å²) < 4.78 is 0. The Kier molecular flexibility index (Phi) is 5.16. The van der Waals surface area contributed by atoms with Gasteiger partial charge in [-0.15, -0.1) is 0 Å². The lowest BCUT2D eigenvalue weighted by molar-refractivity contribution is 0.0643. The molecular formula is C16H21N3O. The Hall–Kier alpha value is -1.83. The third-order valence-corrected chi connectivity index (χ3v) is 3.59. The fraction of sp³-hybridized carbons (Fsp3) is 0.438. The van der Waals surface area contributed by atoms with Gasteiger partial charge >= 0.3 is 0 Å². The normalized spacial score (nSPS) is 15.6. The number of hydrogen-bond acceptors (Lipinski definition) is 3. The molecule has 1 heterocycles. The number of amides is 1. The Labute approximate surface area is 120 Å². The summed E-state index contributed by atoms with van der Waals surface area (Å²) in [5.41, 5.74) is 6.85. The predicted octanol–water partition coefficient (Wildman–Crippen LogP) is 0.775. The molecule has 2 rings (SSSR count). The first-order chi connectivity index (χ1) is 9.76. The zero-order valence-electron chi connectivity index (χ0n) is 11.9. The molecule has 20 heavy (non-hydrogen) atoms. The number of likely N-dealkylation sites (N-methyl/N-ethyl adjacent to an activating group) is 1. The van der Waals surface area contributed by atoms with Gasteiger partial charge in [0.05, 0.1) is 12.1 Å². The van der Waals surface area contributed by atoms with Gasteiger partial charge < -0.3 is 15.5 Å². The van der Waals surface area contributed by atoms with Gasteiger partial charge in [-0.2, -0.15) is 0 Å². The second-order valence-corrected chi connectivity index (χ2v) is 4.78. The predicted molar refractivity (Wildman–Crippen MR) is 80.4 cm³/mol. The minimum absolute atomic E-state index is 0.0719. The molecule has 0 spiro atoms. The Morgan fingerprint density at radius 2 is 1.95 bits per heavy atom. The van der Waals surface area contributed by atoms with Gasteiger partial charge in [0.25, 0.3) is 5.91 Å². The summed E-state index contributed by atoms with van der Waals surface area (Å²) >= 11 is 0. The number of piperazine rings is 1. The zero-order valence-corrected chi connectivity index (χ0v) is 11.9. The maximum Gasteiger partial charge on any atom is 0.255 e. The van der Waals surface area contributed by atoms with Crippen LogP contribution in [-0.2, 0) is 0 Å². The summed E-state index contributed by atoms with van der Waals surface area (Å²) in [5.74, 6) is 5.87. The number of rotatable bonds is 2. The summed E-state index contributed by atoms with van der Waals surface area (Å²) in [6.07, 6.45) is 0. The van der Waals surface area contributed by atoms with Crippen LogP contribution in [0.5, 0.6) is 0 Å². The Balaban J connectivity index is 2.13. The van der Waals surface area contributed by atoms with Crippen molar-refractivity contribution in [3.63, 3.8) is 0 Å². The quantitative estimate of drug-likeness (QED) is 0.809. The SMILES string of the molecule is CCN1CCN(C(=O)c2ccccc2C#CCN)CC1. The first kappa shape index (κ1) is 14.6. The molecule has 0 unspecified atom stereocenters. The van der Waals surface area contributed by atoms with Crippen molar-refractivity contribution in [1.29, 1.82) is 0 Å². The Bertz CT molecular complexity index is 522. The van der Waals surface area contributed by atoms with Crippen molar-refractivity contribution in [3.8, 4) is 11.8 Å². The number of benzene rings is 1. The topological polar surface area (TPSA) is 49.6 Å². The molecule has 0 saturated carbocycles. The lowest BCUT2D eigenvalue weighted by atomic mass is 10.1. The molecule has 0 bridgehead atoms. The van der Waals surface area contributed by atoms with Crippen LogP contribution in [0.4, 0.5) is 0 Å². The number of nitrogens with zero attached hydrogens (tertiary/aromatic N) is 2. The van der Waals surface area contributed by atoms with Crippen LogP contribution in [0.2, 0.25) is 0 Å². The maximum atomic E-state index is 12.6. The Morgan fingerprint density at radius 1 is 1.25 bits per heavy atom. The standard InChI is InChI=1S/C16H21N3O/c1-2-18-10-12-19(13-11-18)16(20)15-8-4-3-6-14(15)7-5-9-17/h3-4,6,8H,2,9-13,17H2,1H3. The molecule has 2 N–H and O–H groups in total. The van der Waals surface area contributed by atoms with E-state index in [-0.39, 0.29) is 5.91 Å². The van der Waals surface area contributed by atoms with Gasteiger partial charge in [0.2, 0.25) is 0 Å². The molecule has 0 aliphatic carbocycles. The summed E-state index contributed by atoms with van der Waals surface area (Å²) in [6.45, 7) is 6.95. The van der Waals surface area contributed by atoms with Gasteiger partial charge in [-0.3, -0.25) is 4.79 Å². The fourth-order valence-corrected chi connectivity index (χ4v) is 2.36. The van der Waals surface area contributed by atoms with Crippen molar-refractivity contribution in [1.82, 2.24) is 9.80 Å². The number of carbonyl (C=O) groups excluding carboxylic acids is 1. The van der Waals surface area contributed by atoms with Gasteiger partial charge in [-0.25, -0.2) is 0 Å². The monoisotopic (exact) mass is 271 g/mol. The highest BCUT2D eigenvalue weighted by atomic mass is 16.2. The van der Waals surface area contributed by atoms with E-state index in [9.17, 15) is 4.79 Å². The van der Waals surface area contributed by atoms with Gasteiger partial charge in [0, 0.05) is 31.7 Å². The maximum absolute atomic E-state index is 12.6. The van der Waals surface area contributed by atoms with E-state index in [1.165, 1.54) is 0 Å². The average Bonchev–Trinajstić information content (AvgIpc) is 2.52. The van der Waals surface area contributed by atoms with Gasteiger partial charge in [0.15, 0.2) is 0 Å². The minimum atomic E-state index is 0.0719. The molecule has 106 valence electrons. The molecule has 4 nitrogen and oxygen atoms in total. The number of carbonyl (C=O) groups is 1. The van der Waals surface area contributed by atoms with E-state index < -0.39 is 0 Å². The van der Waals surface area contributed by atoms with Gasteiger partial charge in [0.1, 0.15) is 0 Å². The van der Waals surface area contributed by atoms with Crippen LogP contribution in [-0.4, -0.2) is 55.0 Å². The lowest BCUT2D eigenvalue weighted by Gasteiger charge is -2.34. The minimum Gasteiger partial charge on any atom is -0.336 e. The van der Waals surface area contributed by atoms with Crippen LogP contribution in [0.15, 0.2) is 24.3 Å². The van der Waals surface area contributed by atoms with E-state index in [2.05, 4.69) is 23.7 Å². The molecule has 1 aromatic carbocycles. The van der Waals surface area contributed by atoms with Crippen molar-refractivity contribution in [2.24, 2.45) is 5.73 Å². The molecular weight excluding hydrogens is 250 g/mol. The van der Waals surface area contributed by atoms with Gasteiger partial charge in [-0.1, -0.05) is 30.9 Å². The van der Waals surface area contributed by atoms with Crippen LogP contribution < -0.4 is 5.73 Å². The fourth-order valence-electron chi connectivity index (χ4n) is 2.36. The van der Waals surface area contributed by atoms with Crippen LogP contribution in [0.3, 0.4) is 0 Å². The Morgan fingerprint density at radius 3 is 2.60 bits per heavy atom. The third kappa shape index (κ3) is 3.38. The highest BCUT2D eigenvalue weighted by Gasteiger charge is 2.22. The second-order valence-electron chi connectivity index (χ2n) is 4.78. The first-order valence-electron chi connectivity index (χ1n) is 7.06. The number of nitrogens with two attached hydrogens (primary N) is 1. The second kappa shape index (κ2) is 7.09. The van der Waals surface area contributed by atoms with Crippen LogP contribution >= 0.6 is 0 Å². The molecule has 0 atom stereocenters. The van der Waals surface area contributed by atoms with E-state index in [1.54, 1.807) is 0 Å². The average molecular weight is 271 g/mol. The van der Waals surface area contributed by atoms with Crippen molar-refractivity contribution in [3.05, 3.63) is 35.4 Å². The zero-order chi connectivity index (χ0) is 14.4. The van der Waals surface area contributed by atoms with Gasteiger partial charge in [-0.05, 0) is 18.7 Å². The third-order valence-electron chi connectivity index (χ3n) is 3.59. The number of hydrogen-bond donors (Lipinski definition) is 1. The summed E-state index contributed by atoms with van der Waals surface area (Å²) in [5, 5.41) is 0. The van der Waals surface area contributed by atoms with Crippen molar-refractivity contribution in [2.45, 2.75) is 6.92 Å². The largest absolute Gasteiger partial charge is 0.336 e. The van der Waals surface area contributed by atoms with E-state index in [1.807, 2.05) is 29.2 Å². The van der Waals surface area contributed by atoms with E-state index in [0.717, 1.165) is 38.3 Å². The van der Waals surface area contributed by atoms with Crippen molar-refractivity contribution >= 4 is 5.91 Å². The van der Waals surface area contributed by atoms with Crippen LogP contribution in [0.25, 0.3) is 0 Å². The first-order valence-corrected chi connectivity index (χ1v) is 7.06. The van der Waals surface area contributed by atoms with E-state index >= 15 is 0 Å². The highest BCUT2D eigenvalue weighted by molar-refractivity contribution is 5.96. The smallest absolute Gasteiger partial charge is 0.255 e. The lowest BCUT2D eigenvalue weighted by Crippen LogP contribution is -2.48. The molecule has 1 saturated heterocycles. The van der Waals surface area contributed by atoms with E-state index in [4.69, 9.17) is 5.73 Å². The van der Waals surface area contributed by atoms with E-state index in [0.29, 0.717) is 12.1 Å².